The van der Waals surface area contributed by atoms with Crippen LogP contribution in [-0.2, 0) is 9.53 Å². The molecule has 1 aromatic carbocycles. The van der Waals surface area contributed by atoms with Crippen molar-refractivity contribution in [1.29, 1.82) is 0 Å². The Hall–Kier alpha value is -2.57. The number of aromatic nitrogens is 2. The summed E-state index contributed by atoms with van der Waals surface area (Å²) in [7, 11) is 0. The van der Waals surface area contributed by atoms with Crippen molar-refractivity contribution in [2.45, 2.75) is 13.0 Å². The maximum atomic E-state index is 12.0. The van der Waals surface area contributed by atoms with Gasteiger partial charge in [0.15, 0.2) is 12.3 Å². The Bertz CT molecular complexity index is 938. The summed E-state index contributed by atoms with van der Waals surface area (Å²) >= 11 is 11.9. The Morgan fingerprint density at radius 1 is 1.23 bits per heavy atom. The van der Waals surface area contributed by atoms with Crippen LogP contribution in [0.4, 0.5) is 0 Å². The van der Waals surface area contributed by atoms with E-state index in [4.69, 9.17) is 27.9 Å². The lowest BCUT2D eigenvalue weighted by Gasteiger charge is -2.15. The second-order valence-electron chi connectivity index (χ2n) is 5.63. The predicted molar refractivity (Wildman–Crippen MR) is 98.5 cm³/mol. The lowest BCUT2D eigenvalue weighted by atomic mass is 10.1. The lowest BCUT2D eigenvalue weighted by Crippen LogP contribution is -2.31. The lowest BCUT2D eigenvalue weighted by molar-refractivity contribution is -0.124. The summed E-state index contributed by atoms with van der Waals surface area (Å²) in [4.78, 5) is 28.2. The zero-order valence-electron chi connectivity index (χ0n) is 13.8. The molecule has 0 saturated carbocycles. The molecule has 8 heteroatoms. The van der Waals surface area contributed by atoms with E-state index in [2.05, 4.69) is 10.3 Å². The van der Waals surface area contributed by atoms with Gasteiger partial charge >= 0.3 is 5.97 Å². The molecular formula is C18H15Cl2N3O3. The van der Waals surface area contributed by atoms with E-state index in [0.29, 0.717) is 15.7 Å². The summed E-state index contributed by atoms with van der Waals surface area (Å²) in [6, 6.07) is 10.2. The van der Waals surface area contributed by atoms with Gasteiger partial charge in [0.1, 0.15) is 5.65 Å². The molecular weight excluding hydrogens is 377 g/mol. The number of pyridine rings is 1. The SMILES string of the molecule is C[C@H](NC(=O)COC(=O)c1cn2ccccc2n1)c1ccc(Cl)c(Cl)c1. The second kappa shape index (κ2) is 7.76. The van der Waals surface area contributed by atoms with Gasteiger partial charge in [0.05, 0.1) is 16.1 Å². The van der Waals surface area contributed by atoms with Crippen molar-refractivity contribution in [2.24, 2.45) is 0 Å². The standard InChI is InChI=1S/C18H15Cl2N3O3/c1-11(12-5-6-13(19)14(20)8-12)21-17(24)10-26-18(25)15-9-23-7-3-2-4-16(23)22-15/h2-9,11H,10H2,1H3,(H,21,24)/t11-/m0/s1. The van der Waals surface area contributed by atoms with Gasteiger partial charge in [-0.05, 0) is 36.8 Å². The molecule has 2 aromatic heterocycles. The maximum absolute atomic E-state index is 12.0. The minimum atomic E-state index is -0.661. The molecule has 0 aliphatic carbocycles. The Balaban J connectivity index is 1.56. The van der Waals surface area contributed by atoms with Gasteiger partial charge < -0.3 is 14.5 Å². The van der Waals surface area contributed by atoms with Crippen LogP contribution in [0.2, 0.25) is 10.0 Å². The number of esters is 1. The van der Waals surface area contributed by atoms with Crippen molar-refractivity contribution in [1.82, 2.24) is 14.7 Å². The molecule has 0 saturated heterocycles. The van der Waals surface area contributed by atoms with E-state index >= 15 is 0 Å². The highest BCUT2D eigenvalue weighted by Gasteiger charge is 2.16. The Labute approximate surface area is 159 Å². The summed E-state index contributed by atoms with van der Waals surface area (Å²) in [6.07, 6.45) is 3.32. The molecule has 3 aromatic rings. The molecule has 3 rings (SSSR count). The third-order valence-electron chi connectivity index (χ3n) is 3.73. The molecule has 2 heterocycles. The molecule has 6 nitrogen and oxygen atoms in total. The Morgan fingerprint density at radius 3 is 2.77 bits per heavy atom. The number of nitrogens with zero attached hydrogens (tertiary/aromatic N) is 2. The zero-order valence-corrected chi connectivity index (χ0v) is 15.3. The van der Waals surface area contributed by atoms with Crippen LogP contribution in [0.1, 0.15) is 29.0 Å². The molecule has 1 atom stereocenters. The topological polar surface area (TPSA) is 72.7 Å². The van der Waals surface area contributed by atoms with Crippen molar-refractivity contribution in [2.75, 3.05) is 6.61 Å². The molecule has 0 aliphatic heterocycles. The van der Waals surface area contributed by atoms with Gasteiger partial charge in [-0.3, -0.25) is 4.79 Å². The molecule has 26 heavy (non-hydrogen) atoms. The number of benzene rings is 1. The first-order chi connectivity index (χ1) is 12.4. The van der Waals surface area contributed by atoms with Gasteiger partial charge in [0.25, 0.3) is 5.91 Å². The van der Waals surface area contributed by atoms with E-state index < -0.39 is 18.5 Å². The average Bonchev–Trinajstić information content (AvgIpc) is 3.06. The summed E-state index contributed by atoms with van der Waals surface area (Å²) in [5.41, 5.74) is 1.55. The maximum Gasteiger partial charge on any atom is 0.359 e. The molecule has 1 amide bonds. The van der Waals surface area contributed by atoms with Crippen LogP contribution in [0.3, 0.4) is 0 Å². The quantitative estimate of drug-likeness (QED) is 0.673. The van der Waals surface area contributed by atoms with Crippen LogP contribution in [-0.4, -0.2) is 27.9 Å². The van der Waals surface area contributed by atoms with Gasteiger partial charge in [0.2, 0.25) is 0 Å². The number of rotatable bonds is 5. The van der Waals surface area contributed by atoms with Crippen LogP contribution in [0, 0.1) is 0 Å². The number of carbonyl (C=O) groups excluding carboxylic acids is 2. The van der Waals surface area contributed by atoms with Crippen LogP contribution < -0.4 is 5.32 Å². The van der Waals surface area contributed by atoms with Gasteiger partial charge in [-0.1, -0.05) is 35.3 Å². The highest BCUT2D eigenvalue weighted by Crippen LogP contribution is 2.25. The summed E-state index contributed by atoms with van der Waals surface area (Å²) < 4.78 is 6.72. The largest absolute Gasteiger partial charge is 0.451 e. The van der Waals surface area contributed by atoms with Gasteiger partial charge in [-0.25, -0.2) is 9.78 Å². The van der Waals surface area contributed by atoms with Crippen molar-refractivity contribution in [3.8, 4) is 0 Å². The minimum Gasteiger partial charge on any atom is -0.451 e. The number of ether oxygens (including phenoxy) is 1. The first kappa shape index (κ1) is 18.2. The number of nitrogens with one attached hydrogen (secondary N) is 1. The van der Waals surface area contributed by atoms with Gasteiger partial charge in [0, 0.05) is 12.4 Å². The molecule has 0 spiro atoms. The summed E-state index contributed by atoms with van der Waals surface area (Å²) in [5, 5.41) is 3.58. The third kappa shape index (κ3) is 4.15. The van der Waals surface area contributed by atoms with E-state index in [0.717, 1.165) is 5.56 Å². The van der Waals surface area contributed by atoms with E-state index in [9.17, 15) is 9.59 Å². The van der Waals surface area contributed by atoms with Crippen molar-refractivity contribution >= 4 is 40.7 Å². The smallest absolute Gasteiger partial charge is 0.359 e. The van der Waals surface area contributed by atoms with E-state index in [-0.39, 0.29) is 11.7 Å². The number of imidazole rings is 1. The predicted octanol–water partition coefficient (Wildman–Crippen LogP) is 3.68. The van der Waals surface area contributed by atoms with Crippen molar-refractivity contribution in [3.05, 3.63) is 70.1 Å². The average molecular weight is 392 g/mol. The molecule has 0 radical (unpaired) electrons. The number of carbonyl (C=O) groups is 2. The van der Waals surface area contributed by atoms with E-state index in [1.807, 2.05) is 12.1 Å². The van der Waals surface area contributed by atoms with Crippen molar-refractivity contribution in [3.63, 3.8) is 0 Å². The van der Waals surface area contributed by atoms with Crippen LogP contribution in [0.5, 0.6) is 0 Å². The number of hydrogen-bond acceptors (Lipinski definition) is 4. The highest BCUT2D eigenvalue weighted by molar-refractivity contribution is 6.42. The fourth-order valence-electron chi connectivity index (χ4n) is 2.39. The van der Waals surface area contributed by atoms with E-state index in [1.165, 1.54) is 0 Å². The van der Waals surface area contributed by atoms with Crippen LogP contribution in [0.25, 0.3) is 5.65 Å². The fraction of sp³-hybridized carbons (Fsp3) is 0.167. The summed E-state index contributed by atoms with van der Waals surface area (Å²) in [6.45, 7) is 1.39. The van der Waals surface area contributed by atoms with Crippen LogP contribution in [0.15, 0.2) is 48.8 Å². The van der Waals surface area contributed by atoms with Gasteiger partial charge in [-0.15, -0.1) is 0 Å². The molecule has 0 bridgehead atoms. The minimum absolute atomic E-state index is 0.140. The molecule has 0 fully saturated rings. The highest BCUT2D eigenvalue weighted by atomic mass is 35.5. The fourth-order valence-corrected chi connectivity index (χ4v) is 2.69. The first-order valence-electron chi connectivity index (χ1n) is 7.79. The normalized spacial score (nSPS) is 12.0. The van der Waals surface area contributed by atoms with E-state index in [1.54, 1.807) is 48.0 Å². The first-order valence-corrected chi connectivity index (χ1v) is 8.55. The zero-order chi connectivity index (χ0) is 18.7. The number of amides is 1. The second-order valence-corrected chi connectivity index (χ2v) is 6.45. The Morgan fingerprint density at radius 2 is 2.04 bits per heavy atom. The molecule has 1 N–H and O–H groups in total. The molecule has 134 valence electrons. The number of fused-ring (bicyclic) bond motifs is 1. The molecule has 0 aliphatic rings. The van der Waals surface area contributed by atoms with Crippen molar-refractivity contribution < 1.29 is 14.3 Å². The van der Waals surface area contributed by atoms with Gasteiger partial charge in [-0.2, -0.15) is 0 Å². The molecule has 0 unspecified atom stereocenters. The van der Waals surface area contributed by atoms with Crippen LogP contribution >= 0.6 is 23.2 Å². The number of hydrogen-bond donors (Lipinski definition) is 1. The summed E-state index contributed by atoms with van der Waals surface area (Å²) in [5.74, 6) is -1.09. The number of halogens is 2. The Kier molecular flexibility index (Phi) is 5.44. The monoisotopic (exact) mass is 391 g/mol. The third-order valence-corrected chi connectivity index (χ3v) is 4.47.